The van der Waals surface area contributed by atoms with Gasteiger partial charge in [0.15, 0.2) is 5.82 Å². The minimum Gasteiger partial charge on any atom is -0.480 e. The fourth-order valence-corrected chi connectivity index (χ4v) is 4.46. The minimum absolute atomic E-state index is 0.248. The number of β-amino-alcohol motifs (C(OH)–C–C–N with tert-alkyl or cyclic N) is 1. The van der Waals surface area contributed by atoms with Crippen molar-refractivity contribution < 1.29 is 27.8 Å². The Morgan fingerprint density at radius 3 is 2.57 bits per heavy atom. The van der Waals surface area contributed by atoms with E-state index in [1.807, 2.05) is 0 Å². The number of hydrogen-bond acceptors (Lipinski definition) is 4. The molecule has 2 N–H and O–H groups in total. The number of hydrogen-bond donors (Lipinski definition) is 2. The Balaban J connectivity index is 2.52. The molecule has 0 spiro atoms. The van der Waals surface area contributed by atoms with Crippen LogP contribution in [0.3, 0.4) is 0 Å². The van der Waals surface area contributed by atoms with Crippen LogP contribution < -0.4 is 0 Å². The topological polar surface area (TPSA) is 94.9 Å². The molecule has 1 aromatic rings. The molecular weight excluding hydrogens is 348 g/mol. The van der Waals surface area contributed by atoms with E-state index in [0.29, 0.717) is 4.31 Å². The summed E-state index contributed by atoms with van der Waals surface area (Å²) < 4.78 is 39.1. The van der Waals surface area contributed by atoms with Crippen molar-refractivity contribution in [2.24, 2.45) is 0 Å². The second kappa shape index (κ2) is 5.69. The summed E-state index contributed by atoms with van der Waals surface area (Å²) in [5, 5.41) is 17.5. The molecule has 0 radical (unpaired) electrons. The van der Waals surface area contributed by atoms with Crippen molar-refractivity contribution in [1.29, 1.82) is 0 Å². The van der Waals surface area contributed by atoms with Gasteiger partial charge in [-0.05, 0) is 12.1 Å². The molecule has 0 bridgehead atoms. The van der Waals surface area contributed by atoms with E-state index >= 15 is 0 Å². The van der Waals surface area contributed by atoms with Gasteiger partial charge >= 0.3 is 5.97 Å². The van der Waals surface area contributed by atoms with E-state index < -0.39 is 50.4 Å². The first-order chi connectivity index (χ1) is 9.66. The number of carboxylic acids is 1. The Labute approximate surface area is 129 Å². The maximum Gasteiger partial charge on any atom is 0.322 e. The average molecular weight is 358 g/mol. The van der Waals surface area contributed by atoms with Crippen LogP contribution in [0.5, 0.6) is 0 Å². The first-order valence-electron chi connectivity index (χ1n) is 5.72. The Morgan fingerprint density at radius 1 is 1.38 bits per heavy atom. The highest BCUT2D eigenvalue weighted by molar-refractivity contribution is 7.89. The van der Waals surface area contributed by atoms with E-state index in [1.165, 1.54) is 0 Å². The van der Waals surface area contributed by atoms with Gasteiger partial charge in [-0.15, -0.1) is 0 Å². The molecule has 0 aliphatic carbocycles. The lowest BCUT2D eigenvalue weighted by Gasteiger charge is -2.21. The summed E-state index contributed by atoms with van der Waals surface area (Å²) in [5.41, 5.74) is 0. The molecule has 0 amide bonds. The molecule has 1 aliphatic heterocycles. The van der Waals surface area contributed by atoms with Crippen LogP contribution in [0.1, 0.15) is 6.42 Å². The second-order valence-corrected chi connectivity index (χ2v) is 7.14. The third-order valence-corrected chi connectivity index (χ3v) is 5.80. The number of benzene rings is 1. The van der Waals surface area contributed by atoms with Crippen LogP contribution in [0.4, 0.5) is 4.39 Å². The van der Waals surface area contributed by atoms with Gasteiger partial charge in [-0.1, -0.05) is 23.2 Å². The Bertz CT molecular complexity index is 696. The summed E-state index contributed by atoms with van der Waals surface area (Å²) in [4.78, 5) is 10.5. The van der Waals surface area contributed by atoms with Crippen molar-refractivity contribution >= 4 is 39.2 Å². The third kappa shape index (κ3) is 2.86. The van der Waals surface area contributed by atoms with Crippen molar-refractivity contribution in [2.75, 3.05) is 6.54 Å². The highest BCUT2D eigenvalue weighted by Gasteiger charge is 2.44. The molecule has 1 heterocycles. The SMILES string of the molecule is O=C(O)[C@@H]1CC(O)CN1S(=O)(=O)c1ccc(Cl)c(F)c1Cl. The molecule has 1 saturated heterocycles. The van der Waals surface area contributed by atoms with E-state index in [4.69, 9.17) is 28.3 Å². The lowest BCUT2D eigenvalue weighted by Crippen LogP contribution is -2.40. The maximum absolute atomic E-state index is 13.6. The van der Waals surface area contributed by atoms with Gasteiger partial charge in [-0.3, -0.25) is 4.79 Å². The van der Waals surface area contributed by atoms with Crippen LogP contribution in [0, 0.1) is 5.82 Å². The number of nitrogens with zero attached hydrogens (tertiary/aromatic N) is 1. The minimum atomic E-state index is -4.37. The number of carbonyl (C=O) groups is 1. The van der Waals surface area contributed by atoms with Crippen molar-refractivity contribution in [3.63, 3.8) is 0 Å². The lowest BCUT2D eigenvalue weighted by atomic mass is 10.2. The van der Waals surface area contributed by atoms with Crippen LogP contribution in [-0.4, -0.2) is 47.6 Å². The summed E-state index contributed by atoms with van der Waals surface area (Å²) in [5.74, 6) is -2.51. The molecule has 1 fully saturated rings. The molecule has 6 nitrogen and oxygen atoms in total. The number of sulfonamides is 1. The van der Waals surface area contributed by atoms with Crippen molar-refractivity contribution in [3.05, 3.63) is 28.0 Å². The van der Waals surface area contributed by atoms with Gasteiger partial charge in [-0.25, -0.2) is 12.8 Å². The molecule has 0 saturated carbocycles. The predicted octanol–water partition coefficient (Wildman–Crippen LogP) is 1.34. The summed E-state index contributed by atoms with van der Waals surface area (Å²) in [6, 6.07) is 0.574. The van der Waals surface area contributed by atoms with Crippen LogP contribution in [0.15, 0.2) is 17.0 Å². The van der Waals surface area contributed by atoms with E-state index in [9.17, 15) is 22.7 Å². The number of aliphatic hydroxyl groups is 1. The zero-order chi connectivity index (χ0) is 15.9. The molecule has 10 heteroatoms. The van der Waals surface area contributed by atoms with Crippen molar-refractivity contribution in [3.8, 4) is 0 Å². The summed E-state index contributed by atoms with van der Waals surface area (Å²) in [6.45, 7) is -0.403. The van der Waals surface area contributed by atoms with Crippen LogP contribution in [-0.2, 0) is 14.8 Å². The number of aliphatic hydroxyl groups excluding tert-OH is 1. The first kappa shape index (κ1) is 16.4. The van der Waals surface area contributed by atoms with Gasteiger partial charge in [0.05, 0.1) is 16.1 Å². The molecular formula is C11H10Cl2FNO5S. The molecule has 0 aromatic heterocycles. The van der Waals surface area contributed by atoms with Gasteiger partial charge in [0.1, 0.15) is 10.9 Å². The Hall–Kier alpha value is -0.930. The molecule has 21 heavy (non-hydrogen) atoms. The number of carboxylic acid groups (broad SMARTS) is 1. The quantitative estimate of drug-likeness (QED) is 0.796. The smallest absolute Gasteiger partial charge is 0.322 e. The Morgan fingerprint density at radius 2 is 2.00 bits per heavy atom. The molecule has 116 valence electrons. The van der Waals surface area contributed by atoms with Gasteiger partial charge in [0.25, 0.3) is 0 Å². The van der Waals surface area contributed by atoms with E-state index in [1.54, 1.807) is 0 Å². The summed E-state index contributed by atoms with van der Waals surface area (Å²) >= 11 is 11.1. The molecule has 1 aliphatic rings. The van der Waals surface area contributed by atoms with Crippen LogP contribution in [0.25, 0.3) is 0 Å². The van der Waals surface area contributed by atoms with Gasteiger partial charge in [-0.2, -0.15) is 4.31 Å². The van der Waals surface area contributed by atoms with E-state index in [0.717, 1.165) is 12.1 Å². The molecule has 1 unspecified atom stereocenters. The summed E-state index contributed by atoms with van der Waals surface area (Å²) in [6.07, 6.45) is -1.36. The predicted molar refractivity (Wildman–Crippen MR) is 72.4 cm³/mol. The van der Waals surface area contributed by atoms with Crippen LogP contribution in [0.2, 0.25) is 10.0 Å². The van der Waals surface area contributed by atoms with Crippen molar-refractivity contribution in [1.82, 2.24) is 4.31 Å². The molecule has 2 atom stereocenters. The zero-order valence-corrected chi connectivity index (χ0v) is 12.7. The zero-order valence-electron chi connectivity index (χ0n) is 10.3. The van der Waals surface area contributed by atoms with Gasteiger partial charge < -0.3 is 10.2 Å². The molecule has 1 aromatic carbocycles. The monoisotopic (exact) mass is 357 g/mol. The van der Waals surface area contributed by atoms with Gasteiger partial charge in [0, 0.05) is 13.0 Å². The highest BCUT2D eigenvalue weighted by Crippen LogP contribution is 2.34. The normalized spacial score (nSPS) is 23.4. The van der Waals surface area contributed by atoms with Gasteiger partial charge in [0.2, 0.25) is 10.0 Å². The maximum atomic E-state index is 13.6. The van der Waals surface area contributed by atoms with E-state index in [2.05, 4.69) is 0 Å². The summed E-state index contributed by atoms with van der Waals surface area (Å²) in [7, 11) is -4.37. The lowest BCUT2D eigenvalue weighted by molar-refractivity contribution is -0.140. The molecule has 2 rings (SSSR count). The third-order valence-electron chi connectivity index (χ3n) is 3.11. The fraction of sp³-hybridized carbons (Fsp3) is 0.364. The average Bonchev–Trinajstić information content (AvgIpc) is 2.79. The number of rotatable bonds is 3. The largest absolute Gasteiger partial charge is 0.480 e. The highest BCUT2D eigenvalue weighted by atomic mass is 35.5. The second-order valence-electron chi connectivity index (χ2n) is 4.49. The number of aliphatic carboxylic acids is 1. The number of halogens is 3. The standard InChI is InChI=1S/C11H10Cl2FNO5S/c12-6-1-2-8(9(13)10(6)14)21(19,20)15-4-5(16)3-7(15)11(17)18/h1-2,5,7,16H,3-4H2,(H,17,18)/t5?,7-/m0/s1. The Kier molecular flexibility index (Phi) is 4.46. The van der Waals surface area contributed by atoms with Crippen molar-refractivity contribution in [2.45, 2.75) is 23.5 Å². The van der Waals surface area contributed by atoms with E-state index in [-0.39, 0.29) is 11.4 Å². The van der Waals surface area contributed by atoms with Crippen LogP contribution >= 0.6 is 23.2 Å². The fourth-order valence-electron chi connectivity index (χ4n) is 2.11. The first-order valence-corrected chi connectivity index (χ1v) is 7.92.